The Morgan fingerprint density at radius 2 is 2.26 bits per heavy atom. The van der Waals surface area contributed by atoms with E-state index < -0.39 is 0 Å². The van der Waals surface area contributed by atoms with Crippen LogP contribution in [0.25, 0.3) is 0 Å². The summed E-state index contributed by atoms with van der Waals surface area (Å²) in [5.74, 6) is 0.724. The quantitative estimate of drug-likeness (QED) is 0.874. The number of nitrogens with zero attached hydrogens (tertiary/aromatic N) is 4. The van der Waals surface area contributed by atoms with Gasteiger partial charge in [0.2, 0.25) is 0 Å². The zero-order valence-corrected chi connectivity index (χ0v) is 12.6. The average molecular weight is 265 g/mol. The number of aromatic nitrogens is 3. The summed E-state index contributed by atoms with van der Waals surface area (Å²) in [6.45, 7) is 9.99. The molecule has 0 aromatic carbocycles. The molecule has 19 heavy (non-hydrogen) atoms. The van der Waals surface area contributed by atoms with Crippen LogP contribution < -0.4 is 5.32 Å². The number of aryl methyl sites for hydroxylation is 1. The van der Waals surface area contributed by atoms with Crippen LogP contribution in [0.5, 0.6) is 0 Å². The highest BCUT2D eigenvalue weighted by atomic mass is 15.4. The van der Waals surface area contributed by atoms with E-state index in [0.717, 1.165) is 31.2 Å². The van der Waals surface area contributed by atoms with Gasteiger partial charge in [-0.1, -0.05) is 32.4 Å². The number of piperazine rings is 1. The molecule has 0 saturated carbocycles. The van der Waals surface area contributed by atoms with Crippen molar-refractivity contribution in [3.8, 4) is 0 Å². The van der Waals surface area contributed by atoms with E-state index >= 15 is 0 Å². The standard InChI is InChI=1S/C14H27N5/c1-5-11(3)14-10-19(13(6-2)7-15-14)9-12-8-18(4)17-16-12/h8,11,13-15H,5-7,9-10H2,1-4H3. The molecule has 108 valence electrons. The molecule has 1 saturated heterocycles. The second-order valence-corrected chi connectivity index (χ2v) is 5.78. The third kappa shape index (κ3) is 3.54. The molecule has 0 bridgehead atoms. The lowest BCUT2D eigenvalue weighted by molar-refractivity contribution is 0.0980. The van der Waals surface area contributed by atoms with Crippen molar-refractivity contribution in [3.05, 3.63) is 11.9 Å². The number of hydrogen-bond donors (Lipinski definition) is 1. The second kappa shape index (κ2) is 6.48. The highest BCUT2D eigenvalue weighted by Crippen LogP contribution is 2.18. The van der Waals surface area contributed by atoms with Crippen molar-refractivity contribution in [2.45, 2.75) is 52.2 Å². The van der Waals surface area contributed by atoms with E-state index in [1.165, 1.54) is 12.8 Å². The lowest BCUT2D eigenvalue weighted by Crippen LogP contribution is -2.57. The first-order valence-corrected chi connectivity index (χ1v) is 7.46. The molecule has 1 N–H and O–H groups in total. The van der Waals surface area contributed by atoms with Crippen molar-refractivity contribution in [2.24, 2.45) is 13.0 Å². The molecule has 5 nitrogen and oxygen atoms in total. The van der Waals surface area contributed by atoms with Crippen molar-refractivity contribution in [2.75, 3.05) is 13.1 Å². The van der Waals surface area contributed by atoms with E-state index in [1.54, 1.807) is 4.68 Å². The van der Waals surface area contributed by atoms with Crippen LogP contribution in [-0.2, 0) is 13.6 Å². The Hall–Kier alpha value is -0.940. The smallest absolute Gasteiger partial charge is 0.0967 e. The first-order chi connectivity index (χ1) is 9.13. The highest BCUT2D eigenvalue weighted by molar-refractivity contribution is 4.96. The van der Waals surface area contributed by atoms with Crippen LogP contribution in [0.2, 0.25) is 0 Å². The van der Waals surface area contributed by atoms with Crippen LogP contribution in [0.15, 0.2) is 6.20 Å². The molecule has 1 aliphatic rings. The molecule has 0 aliphatic carbocycles. The van der Waals surface area contributed by atoms with E-state index in [2.05, 4.69) is 41.3 Å². The number of rotatable bonds is 5. The van der Waals surface area contributed by atoms with Crippen LogP contribution in [0.4, 0.5) is 0 Å². The monoisotopic (exact) mass is 265 g/mol. The SMILES string of the molecule is CCC(C)C1CN(Cc2cn(C)nn2)C(CC)CN1. The topological polar surface area (TPSA) is 46.0 Å². The molecule has 0 spiro atoms. The summed E-state index contributed by atoms with van der Waals surface area (Å²) >= 11 is 0. The molecule has 1 fully saturated rings. The van der Waals surface area contributed by atoms with Crippen molar-refractivity contribution in [1.29, 1.82) is 0 Å². The van der Waals surface area contributed by atoms with E-state index in [4.69, 9.17) is 0 Å². The van der Waals surface area contributed by atoms with Gasteiger partial charge < -0.3 is 5.32 Å². The minimum atomic E-state index is 0.601. The Kier molecular flexibility index (Phi) is 4.93. The lowest BCUT2D eigenvalue weighted by atomic mass is 9.95. The molecule has 0 amide bonds. The van der Waals surface area contributed by atoms with Gasteiger partial charge in [0.25, 0.3) is 0 Å². The molecule has 1 aromatic rings. The first kappa shape index (κ1) is 14.5. The van der Waals surface area contributed by atoms with Gasteiger partial charge in [-0.3, -0.25) is 9.58 Å². The molecular formula is C14H27N5. The van der Waals surface area contributed by atoms with Crippen molar-refractivity contribution < 1.29 is 0 Å². The maximum Gasteiger partial charge on any atom is 0.0967 e. The summed E-state index contributed by atoms with van der Waals surface area (Å²) in [5, 5.41) is 12.0. The van der Waals surface area contributed by atoms with Gasteiger partial charge in [0.05, 0.1) is 5.69 Å². The summed E-state index contributed by atoms with van der Waals surface area (Å²) in [7, 11) is 1.92. The predicted octanol–water partition coefficient (Wildman–Crippen LogP) is 1.41. The molecule has 3 unspecified atom stereocenters. The minimum Gasteiger partial charge on any atom is -0.311 e. The fourth-order valence-electron chi connectivity index (χ4n) is 2.82. The largest absolute Gasteiger partial charge is 0.311 e. The van der Waals surface area contributed by atoms with Gasteiger partial charge in [-0.2, -0.15) is 0 Å². The van der Waals surface area contributed by atoms with Gasteiger partial charge in [-0.05, 0) is 12.3 Å². The van der Waals surface area contributed by atoms with Crippen molar-refractivity contribution in [1.82, 2.24) is 25.2 Å². The third-order valence-corrected chi connectivity index (χ3v) is 4.38. The van der Waals surface area contributed by atoms with Gasteiger partial charge in [-0.15, -0.1) is 5.10 Å². The summed E-state index contributed by atoms with van der Waals surface area (Å²) in [6.07, 6.45) is 4.43. The van der Waals surface area contributed by atoms with Crippen molar-refractivity contribution >= 4 is 0 Å². The fraction of sp³-hybridized carbons (Fsp3) is 0.857. The summed E-state index contributed by atoms with van der Waals surface area (Å²) in [5.41, 5.74) is 1.07. The number of nitrogens with one attached hydrogen (secondary N) is 1. The van der Waals surface area contributed by atoms with Gasteiger partial charge in [0.1, 0.15) is 0 Å². The molecule has 1 aliphatic heterocycles. The van der Waals surface area contributed by atoms with Crippen LogP contribution in [0.3, 0.4) is 0 Å². The Bertz CT molecular complexity index is 389. The average Bonchev–Trinajstić information content (AvgIpc) is 2.83. The normalized spacial score (nSPS) is 26.5. The molecule has 2 rings (SSSR count). The number of hydrogen-bond acceptors (Lipinski definition) is 4. The zero-order valence-electron chi connectivity index (χ0n) is 12.6. The molecular weight excluding hydrogens is 238 g/mol. The Morgan fingerprint density at radius 3 is 2.84 bits per heavy atom. The maximum absolute atomic E-state index is 4.22. The summed E-state index contributed by atoms with van der Waals surface area (Å²) in [4.78, 5) is 2.57. The van der Waals surface area contributed by atoms with Crippen LogP contribution >= 0.6 is 0 Å². The fourth-order valence-corrected chi connectivity index (χ4v) is 2.82. The first-order valence-electron chi connectivity index (χ1n) is 7.46. The van der Waals surface area contributed by atoms with Crippen LogP contribution in [-0.4, -0.2) is 45.1 Å². The van der Waals surface area contributed by atoms with E-state index in [-0.39, 0.29) is 0 Å². The van der Waals surface area contributed by atoms with Gasteiger partial charge in [-0.25, -0.2) is 0 Å². The lowest BCUT2D eigenvalue weighted by Gasteiger charge is -2.41. The highest BCUT2D eigenvalue weighted by Gasteiger charge is 2.29. The van der Waals surface area contributed by atoms with Crippen molar-refractivity contribution in [3.63, 3.8) is 0 Å². The Balaban J connectivity index is 2.01. The Labute approximate surface area is 116 Å². The molecule has 1 aromatic heterocycles. The van der Waals surface area contributed by atoms with Gasteiger partial charge >= 0.3 is 0 Å². The minimum absolute atomic E-state index is 0.601. The molecule has 2 heterocycles. The second-order valence-electron chi connectivity index (χ2n) is 5.78. The van der Waals surface area contributed by atoms with Crippen LogP contribution in [0.1, 0.15) is 39.3 Å². The molecule has 0 radical (unpaired) electrons. The van der Waals surface area contributed by atoms with Crippen LogP contribution in [0, 0.1) is 5.92 Å². The van der Waals surface area contributed by atoms with E-state index in [1.807, 2.05) is 13.2 Å². The molecule has 3 atom stereocenters. The van der Waals surface area contributed by atoms with E-state index in [0.29, 0.717) is 12.1 Å². The maximum atomic E-state index is 4.22. The summed E-state index contributed by atoms with van der Waals surface area (Å²) in [6, 6.07) is 1.21. The Morgan fingerprint density at radius 1 is 1.47 bits per heavy atom. The zero-order chi connectivity index (χ0) is 13.8. The predicted molar refractivity (Wildman–Crippen MR) is 76.7 cm³/mol. The van der Waals surface area contributed by atoms with Gasteiger partial charge in [0, 0.05) is 45.0 Å². The molecule has 5 heteroatoms. The third-order valence-electron chi connectivity index (χ3n) is 4.38. The van der Waals surface area contributed by atoms with Gasteiger partial charge in [0.15, 0.2) is 0 Å². The van der Waals surface area contributed by atoms with E-state index in [9.17, 15) is 0 Å². The summed E-state index contributed by atoms with van der Waals surface area (Å²) < 4.78 is 1.78.